The number of hydrogen-bond acceptors (Lipinski definition) is 7. The molecule has 2 aliphatic rings. The van der Waals surface area contributed by atoms with Gasteiger partial charge in [-0.2, -0.15) is 4.98 Å². The molecule has 9 heteroatoms. The minimum absolute atomic E-state index is 0.00337. The van der Waals surface area contributed by atoms with Crippen LogP contribution in [0.4, 0.5) is 5.95 Å². The van der Waals surface area contributed by atoms with Crippen molar-refractivity contribution in [1.82, 2.24) is 19.8 Å². The molecular weight excluding hydrogens is 522 g/mol. The number of benzene rings is 2. The van der Waals surface area contributed by atoms with Gasteiger partial charge in [0, 0.05) is 49.4 Å². The number of rotatable bonds is 5. The van der Waals surface area contributed by atoms with Crippen LogP contribution in [-0.2, 0) is 16.6 Å². The van der Waals surface area contributed by atoms with Gasteiger partial charge < -0.3 is 4.74 Å². The number of fused-ring (bicyclic) bond motifs is 4. The van der Waals surface area contributed by atoms with Gasteiger partial charge in [0.15, 0.2) is 0 Å². The third-order valence-electron chi connectivity index (χ3n) is 7.97. The zero-order chi connectivity index (χ0) is 28.6. The van der Waals surface area contributed by atoms with E-state index >= 15 is 0 Å². The molecular formula is C31H41N5O3S. The van der Waals surface area contributed by atoms with Crippen LogP contribution in [0.5, 0.6) is 5.88 Å². The Morgan fingerprint density at radius 1 is 1.00 bits per heavy atom. The molecule has 1 saturated heterocycles. The maximum Gasteiger partial charge on any atom is 0.264 e. The van der Waals surface area contributed by atoms with Gasteiger partial charge >= 0.3 is 0 Å². The van der Waals surface area contributed by atoms with Crippen LogP contribution >= 0.6 is 0 Å². The van der Waals surface area contributed by atoms with Gasteiger partial charge in [0.2, 0.25) is 11.8 Å². The van der Waals surface area contributed by atoms with Crippen LogP contribution in [0, 0.1) is 19.8 Å². The van der Waals surface area contributed by atoms with E-state index in [1.165, 1.54) is 0 Å². The molecule has 1 aromatic heterocycles. The van der Waals surface area contributed by atoms with Crippen LogP contribution in [0.3, 0.4) is 0 Å². The highest BCUT2D eigenvalue weighted by Gasteiger charge is 2.37. The van der Waals surface area contributed by atoms with E-state index in [0.717, 1.165) is 41.8 Å². The largest absolute Gasteiger partial charge is 0.476 e. The van der Waals surface area contributed by atoms with Crippen molar-refractivity contribution in [2.45, 2.75) is 77.5 Å². The second-order valence-corrected chi connectivity index (χ2v) is 13.6. The van der Waals surface area contributed by atoms with Gasteiger partial charge in [0.1, 0.15) is 6.61 Å². The minimum atomic E-state index is -3.92. The van der Waals surface area contributed by atoms with E-state index in [2.05, 4.69) is 52.2 Å². The Morgan fingerprint density at radius 2 is 1.70 bits per heavy atom. The molecule has 5 rings (SSSR count). The fourth-order valence-electron chi connectivity index (χ4n) is 5.79. The van der Waals surface area contributed by atoms with E-state index in [0.29, 0.717) is 42.7 Å². The number of anilines is 1. The van der Waals surface area contributed by atoms with Gasteiger partial charge in [0.25, 0.3) is 10.0 Å². The summed E-state index contributed by atoms with van der Waals surface area (Å²) < 4.78 is 36.1. The van der Waals surface area contributed by atoms with Gasteiger partial charge in [-0.05, 0) is 68.9 Å². The van der Waals surface area contributed by atoms with Gasteiger partial charge in [-0.25, -0.2) is 18.1 Å². The molecule has 3 heterocycles. The molecule has 0 saturated carbocycles. The number of likely N-dealkylation sites (tertiary alicyclic amines) is 1. The molecule has 3 aromatic rings. The Hall–Kier alpha value is -3.01. The summed E-state index contributed by atoms with van der Waals surface area (Å²) in [6.07, 6.45) is 0.954. The number of nitrogens with one attached hydrogen (secondary N) is 1. The molecule has 214 valence electrons. The van der Waals surface area contributed by atoms with Crippen molar-refractivity contribution in [3.05, 3.63) is 65.2 Å². The highest BCUT2D eigenvalue weighted by molar-refractivity contribution is 7.92. The molecule has 2 aromatic carbocycles. The second-order valence-electron chi connectivity index (χ2n) is 11.9. The summed E-state index contributed by atoms with van der Waals surface area (Å²) in [5, 5.41) is 0. The summed E-state index contributed by atoms with van der Waals surface area (Å²) in [6, 6.07) is 16.1. The van der Waals surface area contributed by atoms with Crippen molar-refractivity contribution in [2.75, 3.05) is 24.4 Å². The van der Waals surface area contributed by atoms with E-state index in [4.69, 9.17) is 4.74 Å². The third kappa shape index (κ3) is 6.16. The zero-order valence-electron chi connectivity index (χ0n) is 24.4. The predicted molar refractivity (Wildman–Crippen MR) is 159 cm³/mol. The smallest absolute Gasteiger partial charge is 0.264 e. The van der Waals surface area contributed by atoms with Gasteiger partial charge in [-0.15, -0.1) is 0 Å². The monoisotopic (exact) mass is 563 g/mol. The van der Waals surface area contributed by atoms with Gasteiger partial charge in [-0.1, -0.05) is 44.2 Å². The maximum atomic E-state index is 13.5. The summed E-state index contributed by atoms with van der Waals surface area (Å²) in [4.78, 5) is 14.4. The summed E-state index contributed by atoms with van der Waals surface area (Å²) in [5.74, 6) is 0.832. The summed E-state index contributed by atoms with van der Waals surface area (Å²) >= 11 is 0. The van der Waals surface area contributed by atoms with Crippen molar-refractivity contribution < 1.29 is 13.2 Å². The fourth-order valence-corrected chi connectivity index (χ4v) is 6.81. The van der Waals surface area contributed by atoms with Crippen LogP contribution in [0.1, 0.15) is 50.8 Å². The van der Waals surface area contributed by atoms with Gasteiger partial charge in [0.05, 0.1) is 10.6 Å². The first kappa shape index (κ1) is 28.5. The van der Waals surface area contributed by atoms with Gasteiger partial charge in [-0.3, -0.25) is 9.80 Å². The number of hydrogen-bond donors (Lipinski definition) is 1. The Kier molecular flexibility index (Phi) is 8.17. The first-order valence-electron chi connectivity index (χ1n) is 14.2. The SMILES string of the molecule is Cc1cccc(C)c1-c1cc2nc(n1)NS(=O)(=O)c1cccc(c1)CN(C1CN(C(C)C)C1)[C@H](CC(C)C)CO2. The standard InChI is InChI=1S/C31H41N5O3S/c1-20(2)13-25-19-39-29-15-28(30-22(5)9-7-10-23(30)6)32-31(33-29)34-40(37,38)27-12-8-11-24(14-27)16-36(25)26-17-35(18-26)21(3)4/h7-12,14-15,20-21,25-26H,13,16-19H2,1-6H3,(H,32,33,34)/t25-/m1/s1. The van der Waals surface area contributed by atoms with Crippen molar-refractivity contribution in [2.24, 2.45) is 5.92 Å². The van der Waals surface area contributed by atoms with Crippen molar-refractivity contribution in [1.29, 1.82) is 0 Å². The summed E-state index contributed by atoms with van der Waals surface area (Å²) in [6.45, 7) is 16.1. The lowest BCUT2D eigenvalue weighted by molar-refractivity contribution is -0.0283. The first-order chi connectivity index (χ1) is 19.0. The number of aromatic nitrogens is 2. The van der Waals surface area contributed by atoms with E-state index in [1.54, 1.807) is 12.1 Å². The van der Waals surface area contributed by atoms with Crippen LogP contribution in [-0.4, -0.2) is 66.0 Å². The number of aryl methyl sites for hydroxylation is 2. The van der Waals surface area contributed by atoms with Crippen LogP contribution in [0.2, 0.25) is 0 Å². The normalized spacial score (nSPS) is 20.1. The minimum Gasteiger partial charge on any atom is -0.476 e. The quantitative estimate of drug-likeness (QED) is 0.453. The van der Waals surface area contributed by atoms with Crippen LogP contribution in [0.25, 0.3) is 11.3 Å². The lowest BCUT2D eigenvalue weighted by Crippen LogP contribution is -2.63. The van der Waals surface area contributed by atoms with Crippen molar-refractivity contribution in [3.63, 3.8) is 0 Å². The van der Waals surface area contributed by atoms with Crippen LogP contribution in [0.15, 0.2) is 53.4 Å². The van der Waals surface area contributed by atoms with E-state index in [9.17, 15) is 8.42 Å². The van der Waals surface area contributed by atoms with Crippen molar-refractivity contribution in [3.8, 4) is 17.1 Å². The number of sulfonamides is 1. The molecule has 0 aliphatic carbocycles. The molecule has 1 N–H and O–H groups in total. The number of nitrogens with zero attached hydrogens (tertiary/aromatic N) is 4. The van der Waals surface area contributed by atoms with Crippen molar-refractivity contribution >= 4 is 16.0 Å². The predicted octanol–water partition coefficient (Wildman–Crippen LogP) is 5.26. The Bertz CT molecular complexity index is 1450. The molecule has 8 nitrogen and oxygen atoms in total. The highest BCUT2D eigenvalue weighted by atomic mass is 32.2. The Balaban J connectivity index is 1.60. The van der Waals surface area contributed by atoms with E-state index in [-0.39, 0.29) is 16.9 Å². The fraction of sp³-hybridized carbons (Fsp3) is 0.484. The summed E-state index contributed by atoms with van der Waals surface area (Å²) in [5.41, 5.74) is 4.64. The maximum absolute atomic E-state index is 13.5. The Labute approximate surface area is 238 Å². The van der Waals surface area contributed by atoms with Crippen LogP contribution < -0.4 is 9.46 Å². The molecule has 1 fully saturated rings. The summed E-state index contributed by atoms with van der Waals surface area (Å²) in [7, 11) is -3.92. The number of ether oxygens (including phenoxy) is 1. The first-order valence-corrected chi connectivity index (χ1v) is 15.7. The highest BCUT2D eigenvalue weighted by Crippen LogP contribution is 2.31. The molecule has 0 unspecified atom stereocenters. The lowest BCUT2D eigenvalue weighted by Gasteiger charge is -2.50. The third-order valence-corrected chi connectivity index (χ3v) is 9.29. The Morgan fingerprint density at radius 3 is 2.38 bits per heavy atom. The average molecular weight is 564 g/mol. The molecule has 1 atom stereocenters. The molecule has 0 spiro atoms. The molecule has 0 amide bonds. The molecule has 4 bridgehead atoms. The topological polar surface area (TPSA) is 87.7 Å². The molecule has 0 radical (unpaired) electrons. The lowest BCUT2D eigenvalue weighted by atomic mass is 9.96. The zero-order valence-corrected chi connectivity index (χ0v) is 25.2. The molecule has 2 aliphatic heterocycles. The second kappa shape index (κ2) is 11.5. The average Bonchev–Trinajstić information content (AvgIpc) is 2.84. The molecule has 40 heavy (non-hydrogen) atoms. The van der Waals surface area contributed by atoms with E-state index in [1.807, 2.05) is 50.2 Å². The van der Waals surface area contributed by atoms with E-state index < -0.39 is 10.0 Å².